The number of terminal acetylenes is 1. The number of aromatic nitrogens is 1. The summed E-state index contributed by atoms with van der Waals surface area (Å²) in [5, 5.41) is 12.1. The lowest BCUT2D eigenvalue weighted by molar-refractivity contribution is 0.186. The Morgan fingerprint density at radius 1 is 1.38 bits per heavy atom. The van der Waals surface area contributed by atoms with Crippen molar-refractivity contribution in [3.63, 3.8) is 0 Å². The molecule has 0 radical (unpaired) electrons. The number of amides is 1. The van der Waals surface area contributed by atoms with Gasteiger partial charge in [-0.25, -0.2) is 9.18 Å². The molecule has 2 aromatic rings. The van der Waals surface area contributed by atoms with Gasteiger partial charge in [0.1, 0.15) is 5.82 Å². The van der Waals surface area contributed by atoms with Crippen LogP contribution in [0.2, 0.25) is 0 Å². The molecule has 152 valence electrons. The minimum Gasteiger partial charge on any atom is -0.465 e. The predicted molar refractivity (Wildman–Crippen MR) is 110 cm³/mol. The Morgan fingerprint density at radius 2 is 2.10 bits per heavy atom. The van der Waals surface area contributed by atoms with Gasteiger partial charge in [-0.15, -0.1) is 6.42 Å². The van der Waals surface area contributed by atoms with E-state index in [2.05, 4.69) is 11.2 Å². The average molecular weight is 397 g/mol. The van der Waals surface area contributed by atoms with Gasteiger partial charge in [-0.2, -0.15) is 0 Å². The molecule has 1 aliphatic carbocycles. The molecule has 1 saturated carbocycles. The molecule has 6 nitrogen and oxygen atoms in total. The molecule has 2 aliphatic rings. The van der Waals surface area contributed by atoms with Crippen molar-refractivity contribution in [2.75, 3.05) is 18.0 Å². The number of fused-ring (bicyclic) bond motifs is 1. The molecule has 1 aromatic carbocycles. The highest BCUT2D eigenvalue weighted by Crippen LogP contribution is 2.40. The van der Waals surface area contributed by atoms with Crippen molar-refractivity contribution in [1.29, 1.82) is 0 Å². The van der Waals surface area contributed by atoms with E-state index in [1.165, 1.54) is 12.1 Å². The number of hydrogen-bond acceptors (Lipinski definition) is 3. The van der Waals surface area contributed by atoms with Crippen LogP contribution in [0.15, 0.2) is 16.9 Å². The number of pyridine rings is 1. The van der Waals surface area contributed by atoms with Crippen molar-refractivity contribution >= 4 is 22.7 Å². The number of aryl methyl sites for hydroxylation is 1. The van der Waals surface area contributed by atoms with E-state index in [1.807, 2.05) is 18.7 Å². The molecular formula is C22H24FN3O3. The van der Waals surface area contributed by atoms with Crippen molar-refractivity contribution in [3.8, 4) is 12.3 Å². The van der Waals surface area contributed by atoms with Gasteiger partial charge in [-0.3, -0.25) is 4.79 Å². The van der Waals surface area contributed by atoms with Gasteiger partial charge in [0, 0.05) is 42.2 Å². The minimum absolute atomic E-state index is 0.0864. The number of hydrogen-bond donors (Lipinski definition) is 2. The fraction of sp³-hybridized carbons (Fsp3) is 0.455. The molecule has 2 N–H and O–H groups in total. The number of anilines is 1. The first kappa shape index (κ1) is 19.3. The van der Waals surface area contributed by atoms with Gasteiger partial charge >= 0.3 is 6.09 Å². The number of benzene rings is 1. The smallest absolute Gasteiger partial charge is 0.404 e. The maximum Gasteiger partial charge on any atom is 0.404 e. The van der Waals surface area contributed by atoms with Crippen molar-refractivity contribution in [3.05, 3.63) is 39.4 Å². The van der Waals surface area contributed by atoms with Crippen LogP contribution in [0.3, 0.4) is 0 Å². The first-order valence-electron chi connectivity index (χ1n) is 9.91. The Kier molecular flexibility index (Phi) is 4.73. The highest BCUT2D eigenvalue weighted by atomic mass is 19.1. The predicted octanol–water partition coefficient (Wildman–Crippen LogP) is 3.25. The molecule has 1 aliphatic heterocycles. The highest BCUT2D eigenvalue weighted by molar-refractivity contribution is 5.92. The zero-order valence-electron chi connectivity index (χ0n) is 16.5. The lowest BCUT2D eigenvalue weighted by Crippen LogP contribution is -2.38. The molecule has 1 saturated heterocycles. The summed E-state index contributed by atoms with van der Waals surface area (Å²) in [7, 11) is 0. The summed E-state index contributed by atoms with van der Waals surface area (Å²) in [6, 6.07) is 2.78. The Bertz CT molecular complexity index is 1100. The maximum absolute atomic E-state index is 15.2. The summed E-state index contributed by atoms with van der Waals surface area (Å²) in [6.07, 6.45) is 7.16. The monoisotopic (exact) mass is 397 g/mol. The number of nitrogens with one attached hydrogen (secondary N) is 1. The van der Waals surface area contributed by atoms with E-state index in [4.69, 9.17) is 11.5 Å². The number of carboxylic acid groups (broad SMARTS) is 1. The van der Waals surface area contributed by atoms with Crippen molar-refractivity contribution in [1.82, 2.24) is 9.88 Å². The largest absolute Gasteiger partial charge is 0.465 e. The molecule has 2 heterocycles. The normalized spacial score (nSPS) is 19.9. The summed E-state index contributed by atoms with van der Waals surface area (Å²) < 4.78 is 17.0. The van der Waals surface area contributed by atoms with Crippen LogP contribution in [0.25, 0.3) is 10.9 Å². The summed E-state index contributed by atoms with van der Waals surface area (Å²) in [5.74, 6) is 2.24. The van der Waals surface area contributed by atoms with Crippen LogP contribution in [-0.2, 0) is 0 Å². The SMILES string of the molecule is C#Cc1cc(=O)n(C2CC2)c2c(C)c(N3CCC([C@H](C)NC(=O)O)C3)c(F)cc12. The molecule has 29 heavy (non-hydrogen) atoms. The van der Waals surface area contributed by atoms with Gasteiger partial charge < -0.3 is 19.9 Å². The van der Waals surface area contributed by atoms with Crippen molar-refractivity contribution < 1.29 is 14.3 Å². The summed E-state index contributed by atoms with van der Waals surface area (Å²) in [5.41, 5.74) is 2.16. The van der Waals surface area contributed by atoms with Crippen molar-refractivity contribution in [2.45, 2.75) is 45.2 Å². The number of rotatable bonds is 4. The molecule has 2 fully saturated rings. The maximum atomic E-state index is 15.2. The van der Waals surface area contributed by atoms with E-state index in [9.17, 15) is 9.59 Å². The zero-order valence-corrected chi connectivity index (χ0v) is 16.5. The molecule has 7 heteroatoms. The third-order valence-electron chi connectivity index (χ3n) is 6.17. The molecule has 1 unspecified atom stereocenters. The first-order valence-corrected chi connectivity index (χ1v) is 9.91. The lowest BCUT2D eigenvalue weighted by atomic mass is 10.0. The van der Waals surface area contributed by atoms with Crippen LogP contribution in [-0.4, -0.2) is 34.9 Å². The molecule has 2 atom stereocenters. The van der Waals surface area contributed by atoms with E-state index in [-0.39, 0.29) is 29.4 Å². The number of nitrogens with zero attached hydrogens (tertiary/aromatic N) is 2. The van der Waals surface area contributed by atoms with Crippen LogP contribution in [0.1, 0.15) is 43.4 Å². The Balaban J connectivity index is 1.81. The summed E-state index contributed by atoms with van der Waals surface area (Å²) in [4.78, 5) is 25.6. The summed E-state index contributed by atoms with van der Waals surface area (Å²) in [6.45, 7) is 4.84. The van der Waals surface area contributed by atoms with Gasteiger partial charge in [-0.05, 0) is 50.7 Å². The van der Waals surface area contributed by atoms with E-state index in [0.29, 0.717) is 40.8 Å². The van der Waals surface area contributed by atoms with E-state index < -0.39 is 6.09 Å². The number of carbonyl (C=O) groups is 1. The van der Waals surface area contributed by atoms with Crippen LogP contribution >= 0.6 is 0 Å². The van der Waals surface area contributed by atoms with Gasteiger partial charge in [-0.1, -0.05) is 5.92 Å². The lowest BCUT2D eigenvalue weighted by Gasteiger charge is -2.25. The quantitative estimate of drug-likeness (QED) is 0.777. The minimum atomic E-state index is -1.06. The fourth-order valence-corrected chi connectivity index (χ4v) is 4.57. The van der Waals surface area contributed by atoms with Gasteiger partial charge in [0.25, 0.3) is 5.56 Å². The second-order valence-corrected chi connectivity index (χ2v) is 8.10. The van der Waals surface area contributed by atoms with Gasteiger partial charge in [0.05, 0.1) is 11.2 Å². The highest BCUT2D eigenvalue weighted by Gasteiger charge is 2.33. The van der Waals surface area contributed by atoms with E-state index in [0.717, 1.165) is 19.3 Å². The number of halogens is 1. The molecule has 1 amide bonds. The topological polar surface area (TPSA) is 74.6 Å². The molecule has 0 spiro atoms. The summed E-state index contributed by atoms with van der Waals surface area (Å²) >= 11 is 0. The first-order chi connectivity index (χ1) is 13.8. The second-order valence-electron chi connectivity index (χ2n) is 8.10. The Labute approximate surface area is 168 Å². The molecule has 4 rings (SSSR count). The molecular weight excluding hydrogens is 373 g/mol. The van der Waals surface area contributed by atoms with E-state index in [1.54, 1.807) is 4.57 Å². The third-order valence-corrected chi connectivity index (χ3v) is 6.17. The van der Waals surface area contributed by atoms with Gasteiger partial charge in [0.2, 0.25) is 0 Å². The molecule has 0 bridgehead atoms. The van der Waals surface area contributed by atoms with Crippen molar-refractivity contribution in [2.24, 2.45) is 5.92 Å². The van der Waals surface area contributed by atoms with Crippen LogP contribution in [0.5, 0.6) is 0 Å². The van der Waals surface area contributed by atoms with Crippen LogP contribution < -0.4 is 15.8 Å². The van der Waals surface area contributed by atoms with Gasteiger partial charge in [0.15, 0.2) is 0 Å². The Hall–Kier alpha value is -3.01. The Morgan fingerprint density at radius 3 is 2.72 bits per heavy atom. The second kappa shape index (κ2) is 7.11. The standard InChI is InChI=1S/C22H24FN3O3/c1-4-14-9-19(27)26(16-5-6-16)20-12(2)21(18(23)10-17(14)20)25-8-7-15(11-25)13(3)24-22(28)29/h1,9-10,13,15-16,24H,5-8,11H2,2-3H3,(H,28,29)/t13-,15?/m0/s1. The fourth-order valence-electron chi connectivity index (χ4n) is 4.57. The zero-order chi connectivity index (χ0) is 20.9. The van der Waals surface area contributed by atoms with Crippen LogP contribution in [0.4, 0.5) is 14.9 Å². The third kappa shape index (κ3) is 3.33. The van der Waals surface area contributed by atoms with E-state index >= 15 is 4.39 Å². The van der Waals surface area contributed by atoms with Crippen LogP contribution in [0, 0.1) is 31.0 Å². The molecule has 1 aromatic heterocycles. The average Bonchev–Trinajstić information content (AvgIpc) is 3.37.